The highest BCUT2D eigenvalue weighted by molar-refractivity contribution is 5.80. The first-order valence-corrected chi connectivity index (χ1v) is 8.20. The van der Waals surface area contributed by atoms with Crippen LogP contribution in [-0.2, 0) is 6.42 Å². The van der Waals surface area contributed by atoms with Crippen molar-refractivity contribution in [1.29, 1.82) is 0 Å². The van der Waals surface area contributed by atoms with Crippen LogP contribution in [0.1, 0.15) is 51.6 Å². The molecule has 0 aliphatic rings. The van der Waals surface area contributed by atoms with Gasteiger partial charge in [-0.2, -0.15) is 4.73 Å². The molecule has 2 heteroatoms. The second-order valence-electron chi connectivity index (χ2n) is 5.49. The van der Waals surface area contributed by atoms with E-state index in [1.807, 2.05) is 4.73 Å². The summed E-state index contributed by atoms with van der Waals surface area (Å²) in [6.07, 6.45) is 11.5. The number of nitrogens with zero attached hydrogens (tertiary/aromatic N) is 1. The molecule has 114 valence electrons. The van der Waals surface area contributed by atoms with E-state index in [0.717, 1.165) is 19.4 Å². The average Bonchev–Trinajstić information content (AvgIpc) is 2.86. The Labute approximate surface area is 128 Å². The molecule has 21 heavy (non-hydrogen) atoms. The molecule has 0 bridgehead atoms. The first-order valence-electron chi connectivity index (χ1n) is 8.20. The molecule has 2 nitrogen and oxygen atoms in total. The van der Waals surface area contributed by atoms with Crippen LogP contribution in [0, 0.1) is 0 Å². The van der Waals surface area contributed by atoms with Crippen molar-refractivity contribution in [2.45, 2.75) is 52.4 Å². The van der Waals surface area contributed by atoms with Crippen molar-refractivity contribution in [2.24, 2.45) is 0 Å². The molecule has 0 saturated heterocycles. The lowest BCUT2D eigenvalue weighted by Gasteiger charge is -2.11. The number of para-hydroxylation sites is 1. The van der Waals surface area contributed by atoms with Gasteiger partial charge in [0.05, 0.1) is 11.2 Å². The van der Waals surface area contributed by atoms with E-state index in [4.69, 9.17) is 4.84 Å². The zero-order valence-electron chi connectivity index (χ0n) is 13.3. The third-order valence-electron chi connectivity index (χ3n) is 3.70. The van der Waals surface area contributed by atoms with Gasteiger partial charge in [0.1, 0.15) is 6.61 Å². The van der Waals surface area contributed by atoms with Crippen LogP contribution in [-0.4, -0.2) is 11.3 Å². The molecular formula is C19H27NO. The van der Waals surface area contributed by atoms with Crippen molar-refractivity contribution in [2.75, 3.05) is 6.61 Å². The molecule has 0 aliphatic heterocycles. The normalized spacial score (nSPS) is 11.5. The SMILES string of the molecule is CC=CCCCCCc1cc2ccccc2n1OCCC. The summed E-state index contributed by atoms with van der Waals surface area (Å²) in [5, 5.41) is 1.28. The van der Waals surface area contributed by atoms with Gasteiger partial charge in [0, 0.05) is 5.39 Å². The maximum atomic E-state index is 5.94. The fourth-order valence-electron chi connectivity index (χ4n) is 2.61. The molecule has 2 aromatic rings. The summed E-state index contributed by atoms with van der Waals surface area (Å²) in [6, 6.07) is 10.7. The van der Waals surface area contributed by atoms with E-state index in [-0.39, 0.29) is 0 Å². The van der Waals surface area contributed by atoms with Crippen LogP contribution in [0.3, 0.4) is 0 Å². The smallest absolute Gasteiger partial charge is 0.114 e. The van der Waals surface area contributed by atoms with Crippen LogP contribution < -0.4 is 4.84 Å². The number of aromatic nitrogens is 1. The van der Waals surface area contributed by atoms with Gasteiger partial charge in [-0.1, -0.05) is 43.7 Å². The highest BCUT2D eigenvalue weighted by atomic mass is 16.7. The van der Waals surface area contributed by atoms with E-state index < -0.39 is 0 Å². The van der Waals surface area contributed by atoms with Gasteiger partial charge < -0.3 is 4.84 Å². The van der Waals surface area contributed by atoms with Gasteiger partial charge in [-0.15, -0.1) is 0 Å². The summed E-state index contributed by atoms with van der Waals surface area (Å²) >= 11 is 0. The first kappa shape index (κ1) is 15.7. The van der Waals surface area contributed by atoms with Crippen molar-refractivity contribution >= 4 is 10.9 Å². The molecular weight excluding hydrogens is 258 g/mol. The monoisotopic (exact) mass is 285 g/mol. The van der Waals surface area contributed by atoms with Crippen LogP contribution >= 0.6 is 0 Å². The van der Waals surface area contributed by atoms with Gasteiger partial charge >= 0.3 is 0 Å². The molecule has 2 rings (SSSR count). The molecule has 0 unspecified atom stereocenters. The maximum absolute atomic E-state index is 5.94. The Balaban J connectivity index is 2.00. The van der Waals surface area contributed by atoms with Gasteiger partial charge in [0.15, 0.2) is 0 Å². The standard InChI is InChI=1S/C19H27NO/c1-3-5-6-7-8-9-13-18-16-17-12-10-11-14-19(17)20(18)21-15-4-2/h3,5,10-12,14,16H,4,6-9,13,15H2,1-2H3. The number of unbranched alkanes of at least 4 members (excludes halogenated alkanes) is 3. The molecule has 0 N–H and O–H groups in total. The topological polar surface area (TPSA) is 14.2 Å². The van der Waals surface area contributed by atoms with Crippen LogP contribution in [0.4, 0.5) is 0 Å². The van der Waals surface area contributed by atoms with E-state index in [1.54, 1.807) is 0 Å². The van der Waals surface area contributed by atoms with Gasteiger partial charge in [-0.3, -0.25) is 0 Å². The Morgan fingerprint density at radius 2 is 2.00 bits per heavy atom. The van der Waals surface area contributed by atoms with Crippen LogP contribution in [0.15, 0.2) is 42.5 Å². The van der Waals surface area contributed by atoms with Crippen molar-refractivity contribution in [1.82, 2.24) is 4.73 Å². The predicted molar refractivity (Wildman–Crippen MR) is 90.7 cm³/mol. The van der Waals surface area contributed by atoms with Gasteiger partial charge in [0.25, 0.3) is 0 Å². The Morgan fingerprint density at radius 1 is 1.14 bits per heavy atom. The minimum atomic E-state index is 0.771. The fraction of sp³-hybridized carbons (Fsp3) is 0.474. The number of rotatable bonds is 9. The molecule has 0 fully saturated rings. The Hall–Kier alpha value is -1.70. The summed E-state index contributed by atoms with van der Waals surface area (Å²) in [6.45, 7) is 5.00. The fourth-order valence-corrected chi connectivity index (χ4v) is 2.61. The van der Waals surface area contributed by atoms with E-state index in [9.17, 15) is 0 Å². The summed E-state index contributed by atoms with van der Waals surface area (Å²) in [5.74, 6) is 0. The van der Waals surface area contributed by atoms with Crippen molar-refractivity contribution in [3.05, 3.63) is 48.2 Å². The zero-order chi connectivity index (χ0) is 14.9. The number of fused-ring (bicyclic) bond motifs is 1. The lowest BCUT2D eigenvalue weighted by atomic mass is 10.1. The summed E-state index contributed by atoms with van der Waals surface area (Å²) in [7, 11) is 0. The predicted octanol–water partition coefficient (Wildman–Crippen LogP) is 5.16. The van der Waals surface area contributed by atoms with E-state index in [2.05, 4.69) is 56.3 Å². The molecule has 0 saturated carbocycles. The average molecular weight is 285 g/mol. The molecule has 0 radical (unpaired) electrons. The quantitative estimate of drug-likeness (QED) is 0.458. The highest BCUT2D eigenvalue weighted by Crippen LogP contribution is 2.20. The molecule has 1 heterocycles. The van der Waals surface area contributed by atoms with Crippen molar-refractivity contribution in [3.8, 4) is 0 Å². The molecule has 0 aliphatic carbocycles. The lowest BCUT2D eigenvalue weighted by Crippen LogP contribution is -2.14. The van der Waals surface area contributed by atoms with E-state index in [0.29, 0.717) is 0 Å². The van der Waals surface area contributed by atoms with E-state index >= 15 is 0 Å². The number of benzene rings is 1. The number of allylic oxidation sites excluding steroid dienone is 2. The molecule has 1 aromatic heterocycles. The van der Waals surface area contributed by atoms with E-state index in [1.165, 1.54) is 42.3 Å². The van der Waals surface area contributed by atoms with Crippen LogP contribution in [0.5, 0.6) is 0 Å². The molecule has 1 aromatic carbocycles. The minimum Gasteiger partial charge on any atom is -0.414 e. The summed E-state index contributed by atoms with van der Waals surface area (Å²) in [5.41, 5.74) is 2.49. The highest BCUT2D eigenvalue weighted by Gasteiger charge is 2.09. The Kier molecular flexibility index (Phi) is 6.39. The van der Waals surface area contributed by atoms with Crippen molar-refractivity contribution < 1.29 is 4.84 Å². The zero-order valence-corrected chi connectivity index (χ0v) is 13.3. The van der Waals surface area contributed by atoms with Crippen LogP contribution in [0.25, 0.3) is 10.9 Å². The van der Waals surface area contributed by atoms with Gasteiger partial charge in [-0.25, -0.2) is 0 Å². The number of aryl methyl sites for hydroxylation is 1. The Morgan fingerprint density at radius 3 is 2.81 bits per heavy atom. The summed E-state index contributed by atoms with van der Waals surface area (Å²) < 4.78 is 2.05. The molecule has 0 spiro atoms. The van der Waals surface area contributed by atoms with Gasteiger partial charge in [-0.05, 0) is 51.2 Å². The van der Waals surface area contributed by atoms with Crippen molar-refractivity contribution in [3.63, 3.8) is 0 Å². The third-order valence-corrected chi connectivity index (χ3v) is 3.70. The summed E-state index contributed by atoms with van der Waals surface area (Å²) in [4.78, 5) is 5.94. The van der Waals surface area contributed by atoms with Crippen LogP contribution in [0.2, 0.25) is 0 Å². The third kappa shape index (κ3) is 4.38. The second-order valence-corrected chi connectivity index (χ2v) is 5.49. The lowest BCUT2D eigenvalue weighted by molar-refractivity contribution is 0.114. The maximum Gasteiger partial charge on any atom is 0.114 e. The molecule has 0 atom stereocenters. The number of hydrogen-bond acceptors (Lipinski definition) is 1. The first-order chi connectivity index (χ1) is 10.4. The largest absolute Gasteiger partial charge is 0.414 e. The second kappa shape index (κ2) is 8.56. The minimum absolute atomic E-state index is 0.771. The van der Waals surface area contributed by atoms with Gasteiger partial charge in [0.2, 0.25) is 0 Å². The Bertz CT molecular complexity index is 568. The number of hydrogen-bond donors (Lipinski definition) is 0. The molecule has 0 amide bonds.